The predicted octanol–water partition coefficient (Wildman–Crippen LogP) is 14.8. The highest BCUT2D eigenvalue weighted by Crippen LogP contribution is 2.43. The summed E-state index contributed by atoms with van der Waals surface area (Å²) >= 11 is 0. The molecular formula is C54H95O11P. The summed E-state index contributed by atoms with van der Waals surface area (Å²) in [7, 11) is -4.74. The number of hydrogen-bond donors (Lipinski definition) is 2. The summed E-state index contributed by atoms with van der Waals surface area (Å²) in [5.41, 5.74) is 0. The van der Waals surface area contributed by atoms with Gasteiger partial charge in [-0.3, -0.25) is 23.4 Å². The third-order valence-corrected chi connectivity index (χ3v) is 11.9. The van der Waals surface area contributed by atoms with Gasteiger partial charge in [0.2, 0.25) is 0 Å². The number of carbonyl (C=O) groups is 3. The summed E-state index contributed by atoms with van der Waals surface area (Å²) in [5.74, 6) is -1.49. The summed E-state index contributed by atoms with van der Waals surface area (Å²) < 4.78 is 39.3. The molecule has 3 atom stereocenters. The minimum Gasteiger partial charge on any atom is -0.462 e. The normalized spacial score (nSPS) is 14.0. The molecule has 0 amide bonds. The molecule has 0 heterocycles. The molecule has 0 aromatic carbocycles. The van der Waals surface area contributed by atoms with Crippen molar-refractivity contribution in [1.29, 1.82) is 0 Å². The Hall–Kier alpha value is -2.82. The standard InChI is InChI=1S/C54H95O11P/c1-4-7-10-13-16-19-21-22-23-24-25-26-27-28-30-33-36-39-42-45-54(58)65-51(47-61-52(56)43-40-37-34-31-18-15-12-9-6-3)49-63-66(59,60)62-48-50(46-55)64-53(57)44-41-38-35-32-29-20-17-14-11-8-5-2/h7,10,14,16-17,19,22-23,25-26,50-51,55H,4-6,8-9,11-13,15,18,20-21,24,27-49H2,1-3H3,(H,59,60)/b10-7-,17-14-,19-16-,23-22-,26-25-. The molecule has 11 nitrogen and oxygen atoms in total. The van der Waals surface area contributed by atoms with Gasteiger partial charge in [-0.05, 0) is 77.0 Å². The highest BCUT2D eigenvalue weighted by molar-refractivity contribution is 7.47. The highest BCUT2D eigenvalue weighted by atomic mass is 31.2. The van der Waals surface area contributed by atoms with Gasteiger partial charge in [-0.2, -0.15) is 0 Å². The lowest BCUT2D eigenvalue weighted by molar-refractivity contribution is -0.161. The number of aliphatic hydroxyl groups is 1. The minimum atomic E-state index is -4.74. The number of esters is 3. The number of phosphoric acid groups is 1. The van der Waals surface area contributed by atoms with Gasteiger partial charge in [-0.25, -0.2) is 4.57 Å². The van der Waals surface area contributed by atoms with Crippen molar-refractivity contribution >= 4 is 25.7 Å². The third-order valence-electron chi connectivity index (χ3n) is 10.9. The first-order chi connectivity index (χ1) is 32.2. The molecule has 0 aliphatic heterocycles. The summed E-state index contributed by atoms with van der Waals surface area (Å²) in [4.78, 5) is 48.2. The fourth-order valence-corrected chi connectivity index (χ4v) is 7.70. The van der Waals surface area contributed by atoms with Crippen molar-refractivity contribution in [2.75, 3.05) is 26.4 Å². The molecule has 0 rings (SSSR count). The van der Waals surface area contributed by atoms with E-state index in [2.05, 4.69) is 81.5 Å². The van der Waals surface area contributed by atoms with Crippen LogP contribution in [0, 0.1) is 0 Å². The van der Waals surface area contributed by atoms with Crippen LogP contribution in [0.5, 0.6) is 0 Å². The summed E-state index contributed by atoms with van der Waals surface area (Å²) in [6, 6.07) is 0. The zero-order chi connectivity index (χ0) is 48.4. The van der Waals surface area contributed by atoms with E-state index >= 15 is 0 Å². The molecule has 0 fully saturated rings. The number of carbonyl (C=O) groups excluding carboxylic acids is 3. The topological polar surface area (TPSA) is 155 Å². The Bertz CT molecular complexity index is 1340. The Labute approximate surface area is 402 Å². The minimum absolute atomic E-state index is 0.151. The first kappa shape index (κ1) is 63.2. The number of hydrogen-bond acceptors (Lipinski definition) is 10. The second kappa shape index (κ2) is 48.6. The van der Waals surface area contributed by atoms with E-state index < -0.39 is 57.8 Å². The Morgan fingerprint density at radius 3 is 1.27 bits per heavy atom. The van der Waals surface area contributed by atoms with Crippen LogP contribution in [0.2, 0.25) is 0 Å². The first-order valence-electron chi connectivity index (χ1n) is 26.2. The molecule has 0 spiro atoms. The maximum absolute atomic E-state index is 12.8. The van der Waals surface area contributed by atoms with Gasteiger partial charge in [0.15, 0.2) is 6.10 Å². The van der Waals surface area contributed by atoms with Crippen LogP contribution in [0.1, 0.15) is 226 Å². The van der Waals surface area contributed by atoms with E-state index in [-0.39, 0.29) is 25.9 Å². The van der Waals surface area contributed by atoms with Gasteiger partial charge in [0.25, 0.3) is 0 Å². The van der Waals surface area contributed by atoms with Crippen molar-refractivity contribution in [2.24, 2.45) is 0 Å². The van der Waals surface area contributed by atoms with E-state index in [0.29, 0.717) is 19.3 Å². The maximum atomic E-state index is 12.8. The van der Waals surface area contributed by atoms with Crippen LogP contribution in [-0.4, -0.2) is 66.5 Å². The second-order valence-corrected chi connectivity index (χ2v) is 18.8. The molecule has 0 bridgehead atoms. The van der Waals surface area contributed by atoms with Gasteiger partial charge in [0.1, 0.15) is 12.7 Å². The molecule has 2 N–H and O–H groups in total. The molecule has 0 aliphatic rings. The van der Waals surface area contributed by atoms with E-state index in [1.165, 1.54) is 44.9 Å². The second-order valence-electron chi connectivity index (χ2n) is 17.3. The van der Waals surface area contributed by atoms with Gasteiger partial charge < -0.3 is 24.2 Å². The van der Waals surface area contributed by atoms with E-state index in [4.69, 9.17) is 23.3 Å². The molecule has 0 saturated carbocycles. The lowest BCUT2D eigenvalue weighted by Gasteiger charge is -2.21. The molecular weight excluding hydrogens is 856 g/mol. The summed E-state index contributed by atoms with van der Waals surface area (Å²) in [6.45, 7) is 4.43. The molecule has 0 aromatic heterocycles. The van der Waals surface area contributed by atoms with Gasteiger partial charge >= 0.3 is 25.7 Å². The van der Waals surface area contributed by atoms with Gasteiger partial charge in [-0.15, -0.1) is 0 Å². The largest absolute Gasteiger partial charge is 0.472 e. The van der Waals surface area contributed by atoms with Crippen molar-refractivity contribution in [3.05, 3.63) is 60.8 Å². The van der Waals surface area contributed by atoms with Crippen LogP contribution in [0.3, 0.4) is 0 Å². The average molecular weight is 951 g/mol. The van der Waals surface area contributed by atoms with E-state index in [1.54, 1.807) is 0 Å². The summed E-state index contributed by atoms with van der Waals surface area (Å²) in [6.07, 6.45) is 50.5. The average Bonchev–Trinajstić information content (AvgIpc) is 3.30. The van der Waals surface area contributed by atoms with E-state index in [0.717, 1.165) is 122 Å². The van der Waals surface area contributed by atoms with E-state index in [9.17, 15) is 28.9 Å². The Kier molecular flexibility index (Phi) is 46.6. The zero-order valence-electron chi connectivity index (χ0n) is 41.9. The molecule has 66 heavy (non-hydrogen) atoms. The van der Waals surface area contributed by atoms with Crippen LogP contribution >= 0.6 is 7.82 Å². The molecule has 0 aliphatic carbocycles. The Morgan fingerprint density at radius 1 is 0.439 bits per heavy atom. The fourth-order valence-electron chi connectivity index (χ4n) is 6.92. The van der Waals surface area contributed by atoms with E-state index in [1.807, 2.05) is 0 Å². The lowest BCUT2D eigenvalue weighted by atomic mass is 10.1. The quantitative estimate of drug-likeness (QED) is 0.0197. The molecule has 12 heteroatoms. The SMILES string of the molecule is CC/C=C\C/C=C\C/C=C\C/C=C\CCCCCCCCC(=O)OC(COC(=O)CCCCCCCCCCC)COP(=O)(O)OCC(CO)OC(=O)CCCCCCC/C=C\CCCC. The van der Waals surface area contributed by atoms with Crippen molar-refractivity contribution in [1.82, 2.24) is 0 Å². The Balaban J connectivity index is 4.71. The van der Waals surface area contributed by atoms with Gasteiger partial charge in [-0.1, -0.05) is 191 Å². The summed E-state index contributed by atoms with van der Waals surface area (Å²) in [5, 5.41) is 9.75. The first-order valence-corrected chi connectivity index (χ1v) is 27.7. The van der Waals surface area contributed by atoms with Crippen LogP contribution < -0.4 is 0 Å². The smallest absolute Gasteiger partial charge is 0.462 e. The molecule has 0 radical (unpaired) electrons. The predicted molar refractivity (Wildman–Crippen MR) is 270 cm³/mol. The fraction of sp³-hybridized carbons (Fsp3) is 0.759. The van der Waals surface area contributed by atoms with Gasteiger partial charge in [0.05, 0.1) is 19.8 Å². The molecule has 3 unspecified atom stereocenters. The number of aliphatic hydroxyl groups excluding tert-OH is 1. The Morgan fingerprint density at radius 2 is 0.803 bits per heavy atom. The highest BCUT2D eigenvalue weighted by Gasteiger charge is 2.28. The van der Waals surface area contributed by atoms with Crippen molar-refractivity contribution in [3.63, 3.8) is 0 Å². The van der Waals surface area contributed by atoms with Crippen molar-refractivity contribution < 1.29 is 52.2 Å². The van der Waals surface area contributed by atoms with Crippen LogP contribution in [0.4, 0.5) is 0 Å². The number of ether oxygens (including phenoxy) is 3. The number of rotatable bonds is 48. The van der Waals surface area contributed by atoms with Crippen LogP contribution in [-0.2, 0) is 42.2 Å². The van der Waals surface area contributed by atoms with Crippen molar-refractivity contribution in [3.8, 4) is 0 Å². The third kappa shape index (κ3) is 46.3. The number of unbranched alkanes of at least 4 members (excludes halogenated alkanes) is 21. The van der Waals surface area contributed by atoms with Crippen molar-refractivity contribution in [2.45, 2.75) is 238 Å². The molecule has 0 saturated heterocycles. The monoisotopic (exact) mass is 951 g/mol. The van der Waals surface area contributed by atoms with Gasteiger partial charge in [0, 0.05) is 19.3 Å². The molecule has 0 aromatic rings. The zero-order valence-corrected chi connectivity index (χ0v) is 42.8. The molecule has 382 valence electrons. The number of allylic oxidation sites excluding steroid dienone is 10. The maximum Gasteiger partial charge on any atom is 0.472 e. The van der Waals surface area contributed by atoms with Crippen LogP contribution in [0.25, 0.3) is 0 Å². The number of phosphoric ester groups is 1. The lowest BCUT2D eigenvalue weighted by Crippen LogP contribution is -2.30. The van der Waals surface area contributed by atoms with Crippen LogP contribution in [0.15, 0.2) is 60.8 Å².